The first-order valence-electron chi connectivity index (χ1n) is 3.85. The third-order valence-electron chi connectivity index (χ3n) is 1.62. The molecule has 0 N–H and O–H groups in total. The van der Waals surface area contributed by atoms with Crippen LogP contribution in [0.5, 0.6) is 0 Å². The van der Waals surface area contributed by atoms with Gasteiger partial charge in [0, 0.05) is 0 Å². The van der Waals surface area contributed by atoms with Crippen molar-refractivity contribution in [2.45, 2.75) is 31.8 Å². The molecular formula is C8H8F6O2. The van der Waals surface area contributed by atoms with E-state index in [0.717, 1.165) is 0 Å². The maximum absolute atomic E-state index is 12.2. The number of esters is 1. The molecule has 0 spiro atoms. The molecule has 0 radical (unpaired) electrons. The Morgan fingerprint density at radius 2 is 1.44 bits per heavy atom. The van der Waals surface area contributed by atoms with Crippen molar-refractivity contribution >= 4 is 5.97 Å². The fourth-order valence-electron chi connectivity index (χ4n) is 0.467. The zero-order chi connectivity index (χ0) is 13.4. The van der Waals surface area contributed by atoms with Crippen molar-refractivity contribution in [3.05, 3.63) is 12.2 Å². The summed E-state index contributed by atoms with van der Waals surface area (Å²) < 4.78 is 75.9. The lowest BCUT2D eigenvalue weighted by Crippen LogP contribution is -2.44. The van der Waals surface area contributed by atoms with Gasteiger partial charge in [-0.25, -0.2) is 4.79 Å². The van der Waals surface area contributed by atoms with E-state index in [-0.39, 0.29) is 0 Å². The van der Waals surface area contributed by atoms with Crippen LogP contribution >= 0.6 is 0 Å². The smallest absolute Gasteiger partial charge is 0.427 e. The molecule has 0 aliphatic heterocycles. The van der Waals surface area contributed by atoms with Gasteiger partial charge in [-0.3, -0.25) is 0 Å². The quantitative estimate of drug-likeness (QED) is 0.428. The van der Waals surface area contributed by atoms with Crippen LogP contribution in [-0.4, -0.2) is 23.9 Å². The van der Waals surface area contributed by atoms with Crippen molar-refractivity contribution < 1.29 is 35.9 Å². The van der Waals surface area contributed by atoms with Gasteiger partial charge >= 0.3 is 18.3 Å². The van der Waals surface area contributed by atoms with Crippen molar-refractivity contribution in [2.75, 3.05) is 0 Å². The number of hydrogen-bond acceptors (Lipinski definition) is 2. The SMILES string of the molecule is C=C(C(=O)OC(C)(C)C(F)(F)F)C(F)(F)F. The summed E-state index contributed by atoms with van der Waals surface area (Å²) in [5, 5.41) is 0. The Morgan fingerprint density at radius 3 is 1.69 bits per heavy atom. The zero-order valence-corrected chi connectivity index (χ0v) is 8.29. The summed E-state index contributed by atoms with van der Waals surface area (Å²) in [6.45, 7) is 3.20. The van der Waals surface area contributed by atoms with Gasteiger partial charge in [-0.1, -0.05) is 6.58 Å². The van der Waals surface area contributed by atoms with Gasteiger partial charge < -0.3 is 4.74 Å². The lowest BCUT2D eigenvalue weighted by atomic mass is 10.1. The van der Waals surface area contributed by atoms with E-state index in [2.05, 4.69) is 11.3 Å². The van der Waals surface area contributed by atoms with Crippen molar-refractivity contribution in [3.8, 4) is 0 Å². The molecule has 0 aromatic rings. The summed E-state index contributed by atoms with van der Waals surface area (Å²) in [6, 6.07) is 0. The van der Waals surface area contributed by atoms with Crippen LogP contribution < -0.4 is 0 Å². The van der Waals surface area contributed by atoms with Gasteiger partial charge in [0.05, 0.1) is 0 Å². The second kappa shape index (κ2) is 3.99. The van der Waals surface area contributed by atoms with E-state index in [0.29, 0.717) is 13.8 Å². The van der Waals surface area contributed by atoms with Crippen molar-refractivity contribution in [3.63, 3.8) is 0 Å². The first kappa shape index (κ1) is 14.8. The maximum Gasteiger partial charge on any atom is 0.427 e. The fourth-order valence-corrected chi connectivity index (χ4v) is 0.467. The number of carbonyl (C=O) groups is 1. The molecule has 94 valence electrons. The van der Waals surface area contributed by atoms with Crippen LogP contribution in [0.4, 0.5) is 26.3 Å². The van der Waals surface area contributed by atoms with Crippen LogP contribution in [0.15, 0.2) is 12.2 Å². The van der Waals surface area contributed by atoms with Gasteiger partial charge in [0.1, 0.15) is 5.57 Å². The van der Waals surface area contributed by atoms with Gasteiger partial charge in [0.25, 0.3) is 0 Å². The minimum Gasteiger partial charge on any atom is -0.446 e. The number of carbonyl (C=O) groups excluding carboxylic acids is 1. The maximum atomic E-state index is 12.2. The Labute approximate surface area is 86.9 Å². The molecule has 2 nitrogen and oxygen atoms in total. The highest BCUT2D eigenvalue weighted by Crippen LogP contribution is 2.35. The van der Waals surface area contributed by atoms with Gasteiger partial charge in [-0.15, -0.1) is 0 Å². The number of hydrogen-bond donors (Lipinski definition) is 0. The molecule has 0 saturated carbocycles. The molecule has 16 heavy (non-hydrogen) atoms. The second-order valence-corrected chi connectivity index (χ2v) is 3.37. The third-order valence-corrected chi connectivity index (χ3v) is 1.62. The molecule has 0 aliphatic rings. The molecule has 0 aromatic heterocycles. The molecular weight excluding hydrogens is 242 g/mol. The van der Waals surface area contributed by atoms with Crippen LogP contribution in [0.1, 0.15) is 13.8 Å². The Bertz CT molecular complexity index is 299. The van der Waals surface area contributed by atoms with Crippen molar-refractivity contribution in [2.24, 2.45) is 0 Å². The zero-order valence-electron chi connectivity index (χ0n) is 8.29. The van der Waals surface area contributed by atoms with Crippen LogP contribution in [-0.2, 0) is 9.53 Å². The lowest BCUT2D eigenvalue weighted by Gasteiger charge is -2.28. The third kappa shape index (κ3) is 3.42. The largest absolute Gasteiger partial charge is 0.446 e. The minimum absolute atomic E-state index is 0.439. The standard InChI is InChI=1S/C8H8F6O2/c1-4(7(9,10)11)5(15)16-6(2,3)8(12,13)14/h1H2,2-3H3. The topological polar surface area (TPSA) is 26.3 Å². The van der Waals surface area contributed by atoms with Crippen LogP contribution in [0.25, 0.3) is 0 Å². The Balaban J connectivity index is 4.78. The molecule has 0 bridgehead atoms. The number of rotatable bonds is 2. The summed E-state index contributed by atoms with van der Waals surface area (Å²) in [7, 11) is 0. The average Bonchev–Trinajstić information content (AvgIpc) is 1.97. The first-order valence-corrected chi connectivity index (χ1v) is 3.85. The molecule has 0 aliphatic carbocycles. The van der Waals surface area contributed by atoms with Gasteiger partial charge in [0.15, 0.2) is 0 Å². The second-order valence-electron chi connectivity index (χ2n) is 3.37. The van der Waals surface area contributed by atoms with Crippen LogP contribution in [0.2, 0.25) is 0 Å². The van der Waals surface area contributed by atoms with E-state index in [1.165, 1.54) is 0 Å². The summed E-state index contributed by atoms with van der Waals surface area (Å²) in [5.74, 6) is -2.14. The van der Waals surface area contributed by atoms with Gasteiger partial charge in [-0.2, -0.15) is 26.3 Å². The van der Waals surface area contributed by atoms with Gasteiger partial charge in [0.2, 0.25) is 5.60 Å². The molecule has 8 heteroatoms. The first-order chi connectivity index (χ1) is 6.79. The van der Waals surface area contributed by atoms with Crippen molar-refractivity contribution in [1.82, 2.24) is 0 Å². The summed E-state index contributed by atoms with van der Waals surface area (Å²) >= 11 is 0. The summed E-state index contributed by atoms with van der Waals surface area (Å²) in [5.41, 5.74) is -4.98. The Morgan fingerprint density at radius 1 is 1.06 bits per heavy atom. The molecule has 0 heterocycles. The fraction of sp³-hybridized carbons (Fsp3) is 0.625. The molecule has 0 fully saturated rings. The normalized spacial score (nSPS) is 13.5. The van der Waals surface area contributed by atoms with E-state index < -0.39 is 29.5 Å². The van der Waals surface area contributed by atoms with E-state index in [1.807, 2.05) is 0 Å². The van der Waals surface area contributed by atoms with E-state index in [4.69, 9.17) is 0 Å². The van der Waals surface area contributed by atoms with Gasteiger partial charge in [-0.05, 0) is 13.8 Å². The minimum atomic E-state index is -5.11. The molecule has 0 amide bonds. The molecule has 0 atom stereocenters. The lowest BCUT2D eigenvalue weighted by molar-refractivity contribution is -0.257. The highest BCUT2D eigenvalue weighted by Gasteiger charge is 2.52. The highest BCUT2D eigenvalue weighted by atomic mass is 19.4. The van der Waals surface area contributed by atoms with E-state index in [1.54, 1.807) is 0 Å². The molecule has 0 unspecified atom stereocenters. The number of halogens is 6. The Hall–Kier alpha value is -1.21. The summed E-state index contributed by atoms with van der Waals surface area (Å²) in [4.78, 5) is 10.7. The summed E-state index contributed by atoms with van der Waals surface area (Å²) in [6.07, 6.45) is -10.1. The molecule has 0 aromatic carbocycles. The average molecular weight is 250 g/mol. The number of ether oxygens (including phenoxy) is 1. The Kier molecular flexibility index (Phi) is 3.68. The monoisotopic (exact) mass is 250 g/mol. The predicted octanol–water partition coefficient (Wildman–Crippen LogP) is 2.99. The van der Waals surface area contributed by atoms with E-state index >= 15 is 0 Å². The molecule has 0 rings (SSSR count). The van der Waals surface area contributed by atoms with Crippen LogP contribution in [0, 0.1) is 0 Å². The number of alkyl halides is 6. The van der Waals surface area contributed by atoms with Crippen LogP contribution in [0.3, 0.4) is 0 Å². The predicted molar refractivity (Wildman–Crippen MR) is 41.4 cm³/mol. The van der Waals surface area contributed by atoms with Crippen molar-refractivity contribution in [1.29, 1.82) is 0 Å². The highest BCUT2D eigenvalue weighted by molar-refractivity contribution is 5.89. The molecule has 0 saturated heterocycles. The van der Waals surface area contributed by atoms with E-state index in [9.17, 15) is 31.1 Å².